The van der Waals surface area contributed by atoms with Crippen LogP contribution in [0.4, 0.5) is 18.0 Å². The minimum atomic E-state index is -4.77. The van der Waals surface area contributed by atoms with Crippen LogP contribution in [0.1, 0.15) is 17.7 Å². The third-order valence-corrected chi connectivity index (χ3v) is 8.70. The van der Waals surface area contributed by atoms with Gasteiger partial charge in [-0.2, -0.15) is 17.9 Å². The summed E-state index contributed by atoms with van der Waals surface area (Å²) in [7, 11) is -4.49. The van der Waals surface area contributed by atoms with Gasteiger partial charge in [0.15, 0.2) is 0 Å². The Morgan fingerprint density at radius 1 is 1.23 bits per heavy atom. The summed E-state index contributed by atoms with van der Waals surface area (Å²) in [5.41, 5.74) is 1.68. The van der Waals surface area contributed by atoms with E-state index < -0.39 is 51.6 Å². The van der Waals surface area contributed by atoms with E-state index in [1.54, 1.807) is 30.3 Å². The van der Waals surface area contributed by atoms with E-state index in [0.29, 0.717) is 23.0 Å². The molecule has 0 radical (unpaired) electrons. The average molecular weight is 531 g/mol. The van der Waals surface area contributed by atoms with Gasteiger partial charge in [-0.1, -0.05) is 35.5 Å². The molecular formula is C20H16F3N3O7S2. The monoisotopic (exact) mass is 531 g/mol. The van der Waals surface area contributed by atoms with E-state index in [1.165, 1.54) is 6.07 Å². The zero-order valence-electron chi connectivity index (χ0n) is 17.4. The maximum atomic E-state index is 13.1. The number of benzene rings is 1. The molecule has 10 nitrogen and oxygen atoms in total. The molecule has 1 amide bonds. The fourth-order valence-electron chi connectivity index (χ4n) is 3.83. The number of aliphatic carboxylic acids is 1. The Hall–Kier alpha value is -3.43. The van der Waals surface area contributed by atoms with Gasteiger partial charge < -0.3 is 20.1 Å². The Morgan fingerprint density at radius 3 is 2.49 bits per heavy atom. The van der Waals surface area contributed by atoms with E-state index in [9.17, 15) is 36.3 Å². The molecule has 4 rings (SSSR count). The van der Waals surface area contributed by atoms with Crippen molar-refractivity contribution in [2.45, 2.75) is 27.8 Å². The summed E-state index contributed by atoms with van der Waals surface area (Å²) in [6.07, 6.45) is -6.18. The number of ether oxygens (including phenoxy) is 1. The van der Waals surface area contributed by atoms with Crippen LogP contribution in [0.15, 0.2) is 57.3 Å². The van der Waals surface area contributed by atoms with E-state index >= 15 is 0 Å². The number of primary amides is 1. The normalized spacial score (nSPS) is 22.0. The van der Waals surface area contributed by atoms with Crippen LogP contribution in [0, 0.1) is 0 Å². The molecule has 0 saturated heterocycles. The minimum absolute atomic E-state index is 0.0520. The molecule has 0 spiro atoms. The molecule has 1 aromatic carbocycles. The van der Waals surface area contributed by atoms with E-state index in [4.69, 9.17) is 10.5 Å². The van der Waals surface area contributed by atoms with Crippen molar-refractivity contribution in [1.82, 2.24) is 9.88 Å². The molecule has 1 aliphatic carbocycles. The number of nitrogens with two attached hydrogens (primary N) is 1. The van der Waals surface area contributed by atoms with Crippen molar-refractivity contribution in [2.75, 3.05) is 6.61 Å². The molecular weight excluding hydrogens is 515 g/mol. The van der Waals surface area contributed by atoms with Crippen LogP contribution in [0.5, 0.6) is 0 Å². The van der Waals surface area contributed by atoms with Crippen molar-refractivity contribution in [1.29, 1.82) is 0 Å². The standard InChI is InChI=1S/C20H16F3N3O7S2/c21-20(22,23)14-8-12(25-33-14)13-6-7-15(34-13)35(30,31)26-19(16(27)28)9-18(19,10-32-17(24)29)11-4-2-1-3-5-11/h1-8,26H,9-10H2,(H2,24,29)(H,27,28)/t18-,19+/m1/s1. The van der Waals surface area contributed by atoms with Crippen molar-refractivity contribution >= 4 is 33.4 Å². The molecule has 2 aromatic heterocycles. The molecule has 0 unspecified atom stereocenters. The summed E-state index contributed by atoms with van der Waals surface area (Å²) >= 11 is 0.573. The molecule has 1 fully saturated rings. The zero-order chi connectivity index (χ0) is 25.6. The molecule has 15 heteroatoms. The highest BCUT2D eigenvalue weighted by molar-refractivity contribution is 7.91. The third kappa shape index (κ3) is 4.37. The largest absolute Gasteiger partial charge is 0.480 e. The minimum Gasteiger partial charge on any atom is -0.480 e. The van der Waals surface area contributed by atoms with Crippen LogP contribution in [0.3, 0.4) is 0 Å². The third-order valence-electron chi connectivity index (χ3n) is 5.61. The number of carboxylic acids is 1. The Morgan fingerprint density at radius 2 is 1.91 bits per heavy atom. The second-order valence-electron chi connectivity index (χ2n) is 7.74. The molecule has 35 heavy (non-hydrogen) atoms. The Balaban J connectivity index is 1.66. The molecule has 186 valence electrons. The van der Waals surface area contributed by atoms with Gasteiger partial charge in [-0.15, -0.1) is 11.3 Å². The molecule has 2 heterocycles. The van der Waals surface area contributed by atoms with Gasteiger partial charge in [-0.3, -0.25) is 4.79 Å². The lowest BCUT2D eigenvalue weighted by Gasteiger charge is -2.23. The number of halogens is 3. The van der Waals surface area contributed by atoms with E-state index in [-0.39, 0.29) is 21.2 Å². The van der Waals surface area contributed by atoms with Crippen LogP contribution in [-0.2, 0) is 31.1 Å². The number of alkyl halides is 3. The average Bonchev–Trinajstić information content (AvgIpc) is 3.16. The molecule has 1 saturated carbocycles. The Bertz CT molecular complexity index is 1390. The second-order valence-corrected chi connectivity index (χ2v) is 10.7. The van der Waals surface area contributed by atoms with Gasteiger partial charge in [0.05, 0.1) is 10.3 Å². The van der Waals surface area contributed by atoms with Gasteiger partial charge in [-0.25, -0.2) is 13.2 Å². The quantitative estimate of drug-likeness (QED) is 0.400. The van der Waals surface area contributed by atoms with Gasteiger partial charge in [0.25, 0.3) is 10.0 Å². The number of carbonyl (C=O) groups is 2. The number of hydrogen-bond donors (Lipinski definition) is 3. The molecule has 2 atom stereocenters. The number of thiophene rings is 1. The Labute approximate surface area is 199 Å². The lowest BCUT2D eigenvalue weighted by molar-refractivity contribution is -0.155. The summed E-state index contributed by atoms with van der Waals surface area (Å²) in [5, 5.41) is 13.3. The predicted molar refractivity (Wildman–Crippen MR) is 114 cm³/mol. The highest BCUT2D eigenvalue weighted by atomic mass is 32.2. The SMILES string of the molecule is NC(=O)OC[C@@]1(c2ccccc2)C[C@]1(NS(=O)(=O)c1ccc(-c2cc(C(F)(F)F)on2)s1)C(=O)O. The van der Waals surface area contributed by atoms with Crippen LogP contribution in [0.2, 0.25) is 0 Å². The van der Waals surface area contributed by atoms with E-state index in [1.807, 2.05) is 0 Å². The van der Waals surface area contributed by atoms with Gasteiger partial charge in [0.2, 0.25) is 5.76 Å². The molecule has 1 aliphatic rings. The topological polar surface area (TPSA) is 162 Å². The lowest BCUT2D eigenvalue weighted by atomic mass is 9.91. The number of nitrogens with one attached hydrogen (secondary N) is 1. The van der Waals surface area contributed by atoms with Gasteiger partial charge in [0.1, 0.15) is 22.0 Å². The van der Waals surface area contributed by atoms with Crippen LogP contribution < -0.4 is 10.5 Å². The number of hydrogen-bond acceptors (Lipinski definition) is 8. The van der Waals surface area contributed by atoms with Crippen molar-refractivity contribution in [3.63, 3.8) is 0 Å². The fourth-order valence-corrected chi connectivity index (χ4v) is 6.51. The van der Waals surface area contributed by atoms with E-state index in [0.717, 1.165) is 6.07 Å². The van der Waals surface area contributed by atoms with Crippen LogP contribution in [0.25, 0.3) is 10.6 Å². The number of aromatic nitrogens is 1. The first-order chi connectivity index (χ1) is 16.3. The molecule has 3 aromatic rings. The Kier molecular flexibility index (Phi) is 5.89. The van der Waals surface area contributed by atoms with Crippen molar-refractivity contribution in [3.8, 4) is 10.6 Å². The highest BCUT2D eigenvalue weighted by Crippen LogP contribution is 2.59. The first-order valence-electron chi connectivity index (χ1n) is 9.70. The number of nitrogens with zero attached hydrogens (tertiary/aromatic N) is 1. The number of rotatable bonds is 8. The van der Waals surface area contributed by atoms with Gasteiger partial charge in [-0.05, 0) is 24.1 Å². The summed E-state index contributed by atoms with van der Waals surface area (Å²) in [4.78, 5) is 23.6. The second kappa shape index (κ2) is 8.35. The summed E-state index contributed by atoms with van der Waals surface area (Å²) in [5.74, 6) is -2.87. The molecule has 4 N–H and O–H groups in total. The van der Waals surface area contributed by atoms with E-state index in [2.05, 4.69) is 14.4 Å². The van der Waals surface area contributed by atoms with Gasteiger partial charge in [0, 0.05) is 6.07 Å². The number of amides is 1. The lowest BCUT2D eigenvalue weighted by Crippen LogP contribution is -2.50. The number of carboxylic acid groups (broad SMARTS) is 1. The summed E-state index contributed by atoms with van der Waals surface area (Å²) < 4.78 is 75.6. The highest BCUT2D eigenvalue weighted by Gasteiger charge is 2.75. The van der Waals surface area contributed by atoms with Crippen molar-refractivity contribution in [3.05, 3.63) is 59.9 Å². The maximum absolute atomic E-state index is 13.1. The number of sulfonamides is 1. The van der Waals surface area contributed by atoms with Crippen LogP contribution in [-0.4, -0.2) is 42.9 Å². The van der Waals surface area contributed by atoms with Crippen LogP contribution >= 0.6 is 11.3 Å². The zero-order valence-corrected chi connectivity index (χ0v) is 19.0. The van der Waals surface area contributed by atoms with Crippen molar-refractivity contribution < 1.29 is 45.5 Å². The van der Waals surface area contributed by atoms with Gasteiger partial charge >= 0.3 is 18.2 Å². The predicted octanol–water partition coefficient (Wildman–Crippen LogP) is 2.96. The molecule has 0 bridgehead atoms. The summed E-state index contributed by atoms with van der Waals surface area (Å²) in [6, 6.07) is 11.0. The molecule has 0 aliphatic heterocycles. The summed E-state index contributed by atoms with van der Waals surface area (Å²) in [6.45, 7) is -0.504. The first kappa shape index (κ1) is 24.7. The smallest absolute Gasteiger partial charge is 0.452 e. The fraction of sp³-hybridized carbons (Fsp3) is 0.250. The maximum Gasteiger partial charge on any atom is 0.452 e. The first-order valence-corrected chi connectivity index (χ1v) is 12.0. The van der Waals surface area contributed by atoms with Crippen molar-refractivity contribution in [2.24, 2.45) is 5.73 Å². The number of carbonyl (C=O) groups excluding carboxylic acids is 1.